The second-order valence-electron chi connectivity index (χ2n) is 8.56. The van der Waals surface area contributed by atoms with Crippen molar-refractivity contribution in [3.05, 3.63) is 87.6 Å². The number of nitrogens with zero attached hydrogens (tertiary/aromatic N) is 4. The molecule has 4 rings (SSSR count). The molecule has 1 amide bonds. The number of hydrogen-bond donors (Lipinski definition) is 1. The van der Waals surface area contributed by atoms with Gasteiger partial charge in [-0.1, -0.05) is 54.5 Å². The lowest BCUT2D eigenvalue weighted by atomic mass is 10.1. The quantitative estimate of drug-likeness (QED) is 0.361. The molecule has 2 N–H and O–H groups in total. The van der Waals surface area contributed by atoms with Gasteiger partial charge in [0.05, 0.1) is 31.0 Å². The van der Waals surface area contributed by atoms with Crippen LogP contribution in [0.25, 0.3) is 11.1 Å². The summed E-state index contributed by atoms with van der Waals surface area (Å²) in [6, 6.07) is 16.3. The molecule has 0 aliphatic rings. The van der Waals surface area contributed by atoms with Crippen LogP contribution in [0.2, 0.25) is 0 Å². The number of para-hydroxylation sites is 1. The predicted octanol–water partition coefficient (Wildman–Crippen LogP) is 3.69. The minimum absolute atomic E-state index is 0.166. The number of carbonyl (C=O) groups excluding carboxylic acids is 1. The van der Waals surface area contributed by atoms with Gasteiger partial charge in [0.15, 0.2) is 0 Å². The summed E-state index contributed by atoms with van der Waals surface area (Å²) in [7, 11) is 1.53. The Kier molecular flexibility index (Phi) is 7.80. The normalized spacial score (nSPS) is 12.0. The van der Waals surface area contributed by atoms with Crippen LogP contribution in [0.4, 0.5) is 0 Å². The molecule has 2 heterocycles. The van der Waals surface area contributed by atoms with Gasteiger partial charge < -0.3 is 19.9 Å². The third-order valence-corrected chi connectivity index (χ3v) is 6.24. The van der Waals surface area contributed by atoms with Crippen LogP contribution in [-0.2, 0) is 6.54 Å². The lowest BCUT2D eigenvalue weighted by Gasteiger charge is -2.32. The Morgan fingerprint density at radius 2 is 1.89 bits per heavy atom. The van der Waals surface area contributed by atoms with E-state index < -0.39 is 6.04 Å². The molecule has 2 aromatic heterocycles. The SMILES string of the molecule is CCC(c1nc2onc(C)c2c(=O)n1Cc1ccccc1)N(CCCN)C(=O)c1ccccc1OC. The van der Waals surface area contributed by atoms with Crippen LogP contribution in [0.5, 0.6) is 5.75 Å². The summed E-state index contributed by atoms with van der Waals surface area (Å²) in [6.45, 7) is 4.78. The van der Waals surface area contributed by atoms with Crippen molar-refractivity contribution >= 4 is 17.0 Å². The van der Waals surface area contributed by atoms with Crippen LogP contribution in [0.3, 0.4) is 0 Å². The monoisotopic (exact) mass is 489 g/mol. The predicted molar refractivity (Wildman–Crippen MR) is 137 cm³/mol. The Morgan fingerprint density at radius 1 is 1.17 bits per heavy atom. The second-order valence-corrected chi connectivity index (χ2v) is 8.56. The number of carbonyl (C=O) groups is 1. The van der Waals surface area contributed by atoms with Crippen LogP contribution in [0.15, 0.2) is 63.9 Å². The van der Waals surface area contributed by atoms with E-state index in [9.17, 15) is 9.59 Å². The largest absolute Gasteiger partial charge is 0.496 e. The summed E-state index contributed by atoms with van der Waals surface area (Å²) < 4.78 is 12.5. The molecule has 36 heavy (non-hydrogen) atoms. The summed E-state index contributed by atoms with van der Waals surface area (Å²) in [4.78, 5) is 34.1. The van der Waals surface area contributed by atoms with Gasteiger partial charge in [0, 0.05) is 6.54 Å². The molecule has 188 valence electrons. The maximum Gasteiger partial charge on any atom is 0.267 e. The summed E-state index contributed by atoms with van der Waals surface area (Å²) in [5.74, 6) is 0.698. The summed E-state index contributed by atoms with van der Waals surface area (Å²) in [5.41, 5.74) is 7.60. The molecule has 0 bridgehead atoms. The van der Waals surface area contributed by atoms with Crippen molar-refractivity contribution in [2.24, 2.45) is 5.73 Å². The lowest BCUT2D eigenvalue weighted by molar-refractivity contribution is 0.0652. The maximum absolute atomic E-state index is 13.9. The number of rotatable bonds is 10. The number of hydrogen-bond acceptors (Lipinski definition) is 7. The minimum atomic E-state index is -0.514. The van der Waals surface area contributed by atoms with Crippen molar-refractivity contribution in [2.45, 2.75) is 39.3 Å². The summed E-state index contributed by atoms with van der Waals surface area (Å²) in [5, 5.41) is 4.31. The molecule has 4 aromatic rings. The van der Waals surface area contributed by atoms with Crippen molar-refractivity contribution in [1.82, 2.24) is 19.6 Å². The third kappa shape index (κ3) is 4.87. The van der Waals surface area contributed by atoms with Crippen LogP contribution in [0.1, 0.15) is 53.2 Å². The Balaban J connectivity index is 1.89. The molecular formula is C27H31N5O4. The smallest absolute Gasteiger partial charge is 0.267 e. The average molecular weight is 490 g/mol. The average Bonchev–Trinajstić information content (AvgIpc) is 3.29. The van der Waals surface area contributed by atoms with Gasteiger partial charge in [-0.2, -0.15) is 4.98 Å². The molecule has 0 saturated heterocycles. The second kappa shape index (κ2) is 11.2. The highest BCUT2D eigenvalue weighted by molar-refractivity contribution is 5.97. The number of benzene rings is 2. The number of methoxy groups -OCH3 is 1. The summed E-state index contributed by atoms with van der Waals surface area (Å²) >= 11 is 0. The first kappa shape index (κ1) is 25.1. The van der Waals surface area contributed by atoms with E-state index in [1.54, 1.807) is 34.6 Å². The molecule has 9 nitrogen and oxygen atoms in total. The lowest BCUT2D eigenvalue weighted by Crippen LogP contribution is -2.40. The first-order valence-corrected chi connectivity index (χ1v) is 12.0. The Labute approximate surface area is 209 Å². The first-order chi connectivity index (χ1) is 17.5. The van der Waals surface area contributed by atoms with E-state index in [-0.39, 0.29) is 17.2 Å². The standard InChI is InChI=1S/C27H31N5O4/c1-4-21(31(16-10-15-28)26(33)20-13-8-9-14-22(20)35-3)24-29-25-23(18(2)30-36-25)27(34)32(24)17-19-11-6-5-7-12-19/h5-9,11-14,21H,4,10,15-17,28H2,1-3H3. The van der Waals surface area contributed by atoms with Gasteiger partial charge in [0.1, 0.15) is 17.0 Å². The first-order valence-electron chi connectivity index (χ1n) is 12.0. The fraction of sp³-hybridized carbons (Fsp3) is 0.333. The molecule has 9 heteroatoms. The Morgan fingerprint density at radius 3 is 2.58 bits per heavy atom. The van der Waals surface area contributed by atoms with Gasteiger partial charge >= 0.3 is 0 Å². The fourth-order valence-electron chi connectivity index (χ4n) is 4.44. The minimum Gasteiger partial charge on any atom is -0.496 e. The van der Waals surface area contributed by atoms with Crippen LogP contribution >= 0.6 is 0 Å². The zero-order valence-electron chi connectivity index (χ0n) is 20.8. The maximum atomic E-state index is 13.9. The number of ether oxygens (including phenoxy) is 1. The zero-order valence-corrected chi connectivity index (χ0v) is 20.8. The highest BCUT2D eigenvalue weighted by Gasteiger charge is 2.31. The highest BCUT2D eigenvalue weighted by Crippen LogP contribution is 2.29. The topological polar surface area (TPSA) is 116 Å². The van der Waals surface area contributed by atoms with E-state index >= 15 is 0 Å². The van der Waals surface area contributed by atoms with Crippen molar-refractivity contribution in [3.8, 4) is 5.75 Å². The molecule has 0 spiro atoms. The van der Waals surface area contributed by atoms with Crippen LogP contribution in [0, 0.1) is 6.92 Å². The van der Waals surface area contributed by atoms with E-state index in [1.165, 1.54) is 7.11 Å². The van der Waals surface area contributed by atoms with Crippen LogP contribution < -0.4 is 16.0 Å². The Bertz CT molecular complexity index is 1400. The number of aryl methyl sites for hydroxylation is 1. The van der Waals surface area contributed by atoms with Gasteiger partial charge in [-0.05, 0) is 44.0 Å². The molecule has 0 aliphatic heterocycles. The number of amides is 1. The van der Waals surface area contributed by atoms with Crippen molar-refractivity contribution in [3.63, 3.8) is 0 Å². The molecule has 0 aliphatic carbocycles. The number of fused-ring (bicyclic) bond motifs is 1. The third-order valence-electron chi connectivity index (χ3n) is 6.24. The number of aromatic nitrogens is 3. The van der Waals surface area contributed by atoms with E-state index in [2.05, 4.69) is 5.16 Å². The van der Waals surface area contributed by atoms with E-state index in [1.807, 2.05) is 43.3 Å². The van der Waals surface area contributed by atoms with Gasteiger partial charge in [0.2, 0.25) is 0 Å². The highest BCUT2D eigenvalue weighted by atomic mass is 16.5. The van der Waals surface area contributed by atoms with Crippen molar-refractivity contribution in [1.29, 1.82) is 0 Å². The van der Waals surface area contributed by atoms with Crippen molar-refractivity contribution < 1.29 is 14.1 Å². The molecule has 1 atom stereocenters. The van der Waals surface area contributed by atoms with Gasteiger partial charge in [-0.25, -0.2) is 0 Å². The van der Waals surface area contributed by atoms with E-state index in [0.717, 1.165) is 5.56 Å². The van der Waals surface area contributed by atoms with Gasteiger partial charge in [-0.3, -0.25) is 14.2 Å². The molecular weight excluding hydrogens is 458 g/mol. The molecule has 0 radical (unpaired) electrons. The summed E-state index contributed by atoms with van der Waals surface area (Å²) in [6.07, 6.45) is 1.11. The fourth-order valence-corrected chi connectivity index (χ4v) is 4.44. The van der Waals surface area contributed by atoms with Gasteiger partial charge in [0.25, 0.3) is 17.2 Å². The van der Waals surface area contributed by atoms with Crippen LogP contribution in [-0.4, -0.2) is 45.7 Å². The van der Waals surface area contributed by atoms with E-state index in [0.29, 0.717) is 60.7 Å². The molecule has 2 aromatic carbocycles. The zero-order chi connectivity index (χ0) is 25.7. The van der Waals surface area contributed by atoms with Crippen molar-refractivity contribution in [2.75, 3.05) is 20.2 Å². The Hall–Kier alpha value is -3.98. The number of nitrogens with two attached hydrogens (primary N) is 1. The van der Waals surface area contributed by atoms with Gasteiger partial charge in [-0.15, -0.1) is 0 Å². The van der Waals surface area contributed by atoms with E-state index in [4.69, 9.17) is 20.0 Å². The molecule has 1 unspecified atom stereocenters. The molecule has 0 saturated carbocycles. The molecule has 0 fully saturated rings.